The Balaban J connectivity index is 2.55. The first-order valence-corrected chi connectivity index (χ1v) is 5.82. The van der Waals surface area contributed by atoms with Crippen LogP contribution < -0.4 is 15.4 Å². The Morgan fingerprint density at radius 2 is 2.00 bits per heavy atom. The average molecular weight is 274 g/mol. The summed E-state index contributed by atoms with van der Waals surface area (Å²) in [6.45, 7) is 0. The summed E-state index contributed by atoms with van der Waals surface area (Å²) < 4.78 is 5.25. The summed E-state index contributed by atoms with van der Waals surface area (Å²) in [5.74, 6) is 0.973. The molecule has 0 aliphatic heterocycles. The Bertz CT molecular complexity index is 645. The van der Waals surface area contributed by atoms with Gasteiger partial charge in [-0.25, -0.2) is 4.98 Å². The van der Waals surface area contributed by atoms with Gasteiger partial charge in [-0.05, 0) is 18.2 Å². The van der Waals surface area contributed by atoms with Gasteiger partial charge in [-0.2, -0.15) is 0 Å². The number of rotatable bonds is 4. The second-order valence-corrected chi connectivity index (χ2v) is 4.07. The van der Waals surface area contributed by atoms with Crippen molar-refractivity contribution < 1.29 is 9.66 Å². The minimum atomic E-state index is -0.492. The van der Waals surface area contributed by atoms with Gasteiger partial charge in [-0.3, -0.25) is 10.1 Å². The van der Waals surface area contributed by atoms with Crippen LogP contribution in [0.2, 0.25) is 0 Å². The van der Waals surface area contributed by atoms with E-state index in [4.69, 9.17) is 10.5 Å². The molecule has 104 valence electrons. The van der Waals surface area contributed by atoms with E-state index in [1.165, 1.54) is 19.2 Å². The minimum absolute atomic E-state index is 0.118. The van der Waals surface area contributed by atoms with Crippen LogP contribution in [0.1, 0.15) is 0 Å². The Labute approximate surface area is 115 Å². The number of nitro groups is 1. The second-order valence-electron chi connectivity index (χ2n) is 4.07. The lowest BCUT2D eigenvalue weighted by Crippen LogP contribution is -2.15. The first-order valence-electron chi connectivity index (χ1n) is 5.82. The molecule has 2 aromatic rings. The molecule has 20 heavy (non-hydrogen) atoms. The van der Waals surface area contributed by atoms with E-state index < -0.39 is 4.92 Å². The zero-order valence-electron chi connectivity index (χ0n) is 11.1. The maximum atomic E-state index is 11.1. The molecule has 0 saturated carbocycles. The lowest BCUT2D eigenvalue weighted by Gasteiger charge is -2.20. The van der Waals surface area contributed by atoms with E-state index in [1.54, 1.807) is 24.1 Å². The van der Waals surface area contributed by atoms with Gasteiger partial charge >= 0.3 is 5.69 Å². The first-order chi connectivity index (χ1) is 9.54. The third-order valence-corrected chi connectivity index (χ3v) is 2.84. The van der Waals surface area contributed by atoms with Crippen LogP contribution in [0.3, 0.4) is 0 Å². The lowest BCUT2D eigenvalue weighted by molar-refractivity contribution is -0.384. The quantitative estimate of drug-likeness (QED) is 0.679. The summed E-state index contributed by atoms with van der Waals surface area (Å²) in [5, 5.41) is 11.1. The fourth-order valence-electron chi connectivity index (χ4n) is 1.87. The summed E-state index contributed by atoms with van der Waals surface area (Å²) in [5.41, 5.74) is 6.17. The molecule has 1 aromatic heterocycles. The normalized spacial score (nSPS) is 10.1. The molecule has 0 aliphatic carbocycles. The summed E-state index contributed by atoms with van der Waals surface area (Å²) in [6, 6.07) is 9.92. The SMILES string of the molecule is COc1ccccc1N(C)c1nc(N)ccc1[N+](=O)[O-]. The molecule has 0 saturated heterocycles. The van der Waals surface area contributed by atoms with E-state index in [-0.39, 0.29) is 17.3 Å². The number of ether oxygens (including phenoxy) is 1. The number of pyridine rings is 1. The van der Waals surface area contributed by atoms with Crippen molar-refractivity contribution in [1.29, 1.82) is 0 Å². The van der Waals surface area contributed by atoms with E-state index in [2.05, 4.69) is 4.98 Å². The molecule has 0 unspecified atom stereocenters. The molecule has 1 aromatic carbocycles. The maximum Gasteiger partial charge on any atom is 0.312 e. The van der Waals surface area contributed by atoms with Gasteiger partial charge in [-0.15, -0.1) is 0 Å². The van der Waals surface area contributed by atoms with Crippen LogP contribution in [0.25, 0.3) is 0 Å². The number of nitrogens with zero attached hydrogens (tertiary/aromatic N) is 3. The standard InChI is InChI=1S/C13H14N4O3/c1-16(9-5-3-4-6-11(9)20-2)13-10(17(18)19)7-8-12(14)15-13/h3-8H,1-2H3,(H2,14,15). The van der Waals surface area contributed by atoms with Crippen molar-refractivity contribution in [2.24, 2.45) is 0 Å². The van der Waals surface area contributed by atoms with Crippen LogP contribution in [0.4, 0.5) is 23.0 Å². The molecule has 0 radical (unpaired) electrons. The Morgan fingerprint density at radius 1 is 1.30 bits per heavy atom. The van der Waals surface area contributed by atoms with Crippen molar-refractivity contribution in [3.63, 3.8) is 0 Å². The number of aromatic nitrogens is 1. The van der Waals surface area contributed by atoms with E-state index in [0.717, 1.165) is 0 Å². The average Bonchev–Trinajstić information content (AvgIpc) is 2.46. The molecule has 7 nitrogen and oxygen atoms in total. The highest BCUT2D eigenvalue weighted by Crippen LogP contribution is 2.35. The highest BCUT2D eigenvalue weighted by atomic mass is 16.6. The van der Waals surface area contributed by atoms with Gasteiger partial charge in [-0.1, -0.05) is 12.1 Å². The predicted molar refractivity (Wildman–Crippen MR) is 76.4 cm³/mol. The van der Waals surface area contributed by atoms with Crippen molar-refractivity contribution in [3.05, 3.63) is 46.5 Å². The molecule has 0 amide bonds. The summed E-state index contributed by atoms with van der Waals surface area (Å²) >= 11 is 0. The molecule has 0 fully saturated rings. The number of anilines is 3. The highest BCUT2D eigenvalue weighted by Gasteiger charge is 2.21. The number of methoxy groups -OCH3 is 1. The third-order valence-electron chi connectivity index (χ3n) is 2.84. The Kier molecular flexibility index (Phi) is 3.69. The van der Waals surface area contributed by atoms with Crippen molar-refractivity contribution in [3.8, 4) is 5.75 Å². The van der Waals surface area contributed by atoms with E-state index in [0.29, 0.717) is 11.4 Å². The fourth-order valence-corrected chi connectivity index (χ4v) is 1.87. The van der Waals surface area contributed by atoms with Crippen LogP contribution in [-0.2, 0) is 0 Å². The highest BCUT2D eigenvalue weighted by molar-refractivity contribution is 5.73. The van der Waals surface area contributed by atoms with Gasteiger partial charge in [0.15, 0.2) is 0 Å². The third kappa shape index (κ3) is 2.46. The topological polar surface area (TPSA) is 94.5 Å². The molecular formula is C13H14N4O3. The second kappa shape index (κ2) is 5.43. The minimum Gasteiger partial charge on any atom is -0.495 e. The van der Waals surface area contributed by atoms with Gasteiger partial charge in [0.05, 0.1) is 17.7 Å². The number of nitrogen functional groups attached to an aromatic ring is 1. The molecule has 1 heterocycles. The number of para-hydroxylation sites is 2. The molecule has 7 heteroatoms. The predicted octanol–water partition coefficient (Wildman–Crippen LogP) is 2.35. The van der Waals surface area contributed by atoms with Gasteiger partial charge in [0, 0.05) is 13.1 Å². The van der Waals surface area contributed by atoms with Crippen molar-refractivity contribution in [2.45, 2.75) is 0 Å². The lowest BCUT2D eigenvalue weighted by atomic mass is 10.2. The molecule has 0 bridgehead atoms. The summed E-state index contributed by atoms with van der Waals surface area (Å²) in [7, 11) is 3.21. The van der Waals surface area contributed by atoms with Crippen LogP contribution in [-0.4, -0.2) is 24.1 Å². The van der Waals surface area contributed by atoms with Crippen LogP contribution >= 0.6 is 0 Å². The van der Waals surface area contributed by atoms with Crippen molar-refractivity contribution in [1.82, 2.24) is 4.98 Å². The smallest absolute Gasteiger partial charge is 0.312 e. The van der Waals surface area contributed by atoms with Crippen LogP contribution in [0.5, 0.6) is 5.75 Å². The Morgan fingerprint density at radius 3 is 2.65 bits per heavy atom. The van der Waals surface area contributed by atoms with Crippen LogP contribution in [0, 0.1) is 10.1 Å². The monoisotopic (exact) mass is 274 g/mol. The van der Waals surface area contributed by atoms with Crippen molar-refractivity contribution >= 4 is 23.0 Å². The van der Waals surface area contributed by atoms with E-state index in [1.807, 2.05) is 12.1 Å². The van der Waals surface area contributed by atoms with Crippen molar-refractivity contribution in [2.75, 3.05) is 24.8 Å². The molecule has 2 N–H and O–H groups in total. The Hall–Kier alpha value is -2.83. The maximum absolute atomic E-state index is 11.1. The zero-order valence-corrected chi connectivity index (χ0v) is 11.1. The molecule has 0 atom stereocenters. The largest absolute Gasteiger partial charge is 0.495 e. The summed E-state index contributed by atoms with van der Waals surface area (Å²) in [4.78, 5) is 16.2. The zero-order chi connectivity index (χ0) is 14.7. The molecule has 2 rings (SSSR count). The number of hydrogen-bond acceptors (Lipinski definition) is 6. The fraction of sp³-hybridized carbons (Fsp3) is 0.154. The van der Waals surface area contributed by atoms with Crippen LogP contribution in [0.15, 0.2) is 36.4 Å². The molecule has 0 spiro atoms. The number of hydrogen-bond donors (Lipinski definition) is 1. The van der Waals surface area contributed by atoms with Gasteiger partial charge < -0.3 is 15.4 Å². The summed E-state index contributed by atoms with van der Waals surface area (Å²) in [6.07, 6.45) is 0. The van der Waals surface area contributed by atoms with E-state index >= 15 is 0 Å². The van der Waals surface area contributed by atoms with Gasteiger partial charge in [0.2, 0.25) is 5.82 Å². The molecular weight excluding hydrogens is 260 g/mol. The first kappa shape index (κ1) is 13.6. The molecule has 0 aliphatic rings. The van der Waals surface area contributed by atoms with Gasteiger partial charge in [0.25, 0.3) is 0 Å². The van der Waals surface area contributed by atoms with E-state index in [9.17, 15) is 10.1 Å². The van der Waals surface area contributed by atoms with Gasteiger partial charge in [0.1, 0.15) is 11.6 Å². The number of nitrogens with two attached hydrogens (primary N) is 1. The number of benzene rings is 1.